The average Bonchev–Trinajstić information content (AvgIpc) is 3.20. The van der Waals surface area contributed by atoms with E-state index < -0.39 is 13.9 Å². The predicted molar refractivity (Wildman–Crippen MR) is 136 cm³/mol. The Morgan fingerprint density at radius 3 is 2.53 bits per heavy atom. The first-order valence-corrected chi connectivity index (χ1v) is 13.2. The molecule has 12 heteroatoms. The van der Waals surface area contributed by atoms with Crippen molar-refractivity contribution in [1.29, 1.82) is 0 Å². The Balaban J connectivity index is 1.71. The van der Waals surface area contributed by atoms with Crippen molar-refractivity contribution in [3.05, 3.63) is 82.6 Å². The Hall–Kier alpha value is -2.52. The van der Waals surface area contributed by atoms with Crippen molar-refractivity contribution in [2.45, 2.75) is 4.90 Å². The standard InChI is InChI=1S/C22H19Cl2N4O4PS/c1-25-22(29)15-4-6-26-21(9-15)27-7-5-14-8-18(2-3-20(14)27)28(13-33(30,31)32)34-19-11-16(23)10-17(24)12-19/h2-12H,13H2,1H3,(H,25,29)(H2,30,31,32). The number of aromatic nitrogens is 2. The summed E-state index contributed by atoms with van der Waals surface area (Å²) >= 11 is 13.3. The van der Waals surface area contributed by atoms with E-state index in [-0.39, 0.29) is 5.91 Å². The van der Waals surface area contributed by atoms with Gasteiger partial charge >= 0.3 is 7.60 Å². The Morgan fingerprint density at radius 2 is 1.85 bits per heavy atom. The molecule has 34 heavy (non-hydrogen) atoms. The van der Waals surface area contributed by atoms with Crippen molar-refractivity contribution in [3.8, 4) is 5.82 Å². The summed E-state index contributed by atoms with van der Waals surface area (Å²) in [7, 11) is -2.82. The number of nitrogens with one attached hydrogen (secondary N) is 1. The lowest BCUT2D eigenvalue weighted by Crippen LogP contribution is -2.18. The molecule has 0 spiro atoms. The van der Waals surface area contributed by atoms with Gasteiger partial charge in [0, 0.05) is 51.0 Å². The van der Waals surface area contributed by atoms with E-state index in [2.05, 4.69) is 10.3 Å². The Bertz CT molecular complexity index is 1410. The first kappa shape index (κ1) is 24.6. The molecule has 1 amide bonds. The lowest BCUT2D eigenvalue weighted by Gasteiger charge is -2.24. The maximum Gasteiger partial charge on any atom is 0.345 e. The number of rotatable bonds is 7. The zero-order valence-corrected chi connectivity index (χ0v) is 20.9. The number of anilines is 1. The van der Waals surface area contributed by atoms with Crippen LogP contribution in [0.2, 0.25) is 10.0 Å². The van der Waals surface area contributed by atoms with Gasteiger partial charge in [-0.2, -0.15) is 0 Å². The maximum atomic E-state index is 12.0. The van der Waals surface area contributed by atoms with Gasteiger partial charge < -0.3 is 19.7 Å². The molecular formula is C22H19Cl2N4O4PS. The molecule has 2 heterocycles. The summed E-state index contributed by atoms with van der Waals surface area (Å²) in [5.41, 5.74) is 1.88. The van der Waals surface area contributed by atoms with Crippen molar-refractivity contribution in [3.63, 3.8) is 0 Å². The highest BCUT2D eigenvalue weighted by Gasteiger charge is 2.22. The second-order valence-electron chi connectivity index (χ2n) is 7.29. The SMILES string of the molecule is CNC(=O)c1ccnc(-n2ccc3cc(N(CP(=O)(O)O)Sc4cc(Cl)cc(Cl)c4)ccc32)c1. The fraction of sp³-hybridized carbons (Fsp3) is 0.0909. The summed E-state index contributed by atoms with van der Waals surface area (Å²) in [5.74, 6) is 0.354. The van der Waals surface area contributed by atoms with Crippen LogP contribution >= 0.6 is 42.7 Å². The molecular weight excluding hydrogens is 518 g/mol. The van der Waals surface area contributed by atoms with E-state index in [1.807, 2.05) is 29.0 Å². The van der Waals surface area contributed by atoms with E-state index in [1.165, 1.54) is 4.31 Å². The van der Waals surface area contributed by atoms with Gasteiger partial charge in [-0.1, -0.05) is 23.2 Å². The van der Waals surface area contributed by atoms with Crippen LogP contribution in [0.3, 0.4) is 0 Å². The zero-order valence-electron chi connectivity index (χ0n) is 17.7. The molecule has 2 aromatic carbocycles. The minimum Gasteiger partial charge on any atom is -0.355 e. The number of pyridine rings is 1. The molecule has 0 fully saturated rings. The first-order valence-electron chi connectivity index (χ1n) is 9.89. The lowest BCUT2D eigenvalue weighted by molar-refractivity contribution is 0.0963. The normalized spacial score (nSPS) is 11.6. The van der Waals surface area contributed by atoms with Gasteiger partial charge in [-0.15, -0.1) is 0 Å². The fourth-order valence-electron chi connectivity index (χ4n) is 3.36. The highest BCUT2D eigenvalue weighted by atomic mass is 35.5. The van der Waals surface area contributed by atoms with Crippen molar-refractivity contribution >= 4 is 65.2 Å². The smallest absolute Gasteiger partial charge is 0.345 e. The number of fused-ring (bicyclic) bond motifs is 1. The molecule has 0 unspecified atom stereocenters. The van der Waals surface area contributed by atoms with Gasteiger partial charge in [0.25, 0.3) is 5.91 Å². The maximum absolute atomic E-state index is 12.0. The molecule has 0 bridgehead atoms. The number of nitrogens with zero attached hydrogens (tertiary/aromatic N) is 3. The van der Waals surface area contributed by atoms with Crippen LogP contribution in [-0.2, 0) is 4.57 Å². The highest BCUT2D eigenvalue weighted by molar-refractivity contribution is 8.01. The van der Waals surface area contributed by atoms with Crippen LogP contribution in [0.1, 0.15) is 10.4 Å². The number of hydrogen-bond donors (Lipinski definition) is 3. The van der Waals surface area contributed by atoms with Gasteiger partial charge in [-0.05, 0) is 66.5 Å². The summed E-state index contributed by atoms with van der Waals surface area (Å²) < 4.78 is 15.2. The monoisotopic (exact) mass is 536 g/mol. The summed E-state index contributed by atoms with van der Waals surface area (Å²) in [4.78, 5) is 36.3. The minimum atomic E-state index is -4.38. The van der Waals surface area contributed by atoms with E-state index in [0.29, 0.717) is 32.0 Å². The molecule has 4 rings (SSSR count). The van der Waals surface area contributed by atoms with E-state index >= 15 is 0 Å². The number of hydrogen-bond acceptors (Lipinski definition) is 5. The summed E-state index contributed by atoms with van der Waals surface area (Å²) in [5, 5.41) is 4.26. The van der Waals surface area contributed by atoms with Gasteiger partial charge in [0.2, 0.25) is 0 Å². The van der Waals surface area contributed by atoms with Crippen molar-refractivity contribution in [2.75, 3.05) is 17.6 Å². The Morgan fingerprint density at radius 1 is 1.12 bits per heavy atom. The van der Waals surface area contributed by atoms with Gasteiger partial charge in [0.15, 0.2) is 0 Å². The second kappa shape index (κ2) is 10.00. The van der Waals surface area contributed by atoms with Crippen molar-refractivity contribution in [2.24, 2.45) is 0 Å². The highest BCUT2D eigenvalue weighted by Crippen LogP contribution is 2.42. The molecule has 2 aromatic heterocycles. The number of amides is 1. The van der Waals surface area contributed by atoms with Gasteiger partial charge in [0.1, 0.15) is 12.1 Å². The van der Waals surface area contributed by atoms with Gasteiger partial charge in [-0.25, -0.2) is 4.98 Å². The topological polar surface area (TPSA) is 108 Å². The molecule has 0 saturated carbocycles. The van der Waals surface area contributed by atoms with Crippen LogP contribution < -0.4 is 9.62 Å². The molecule has 176 valence electrons. The van der Waals surface area contributed by atoms with Crippen LogP contribution in [0.5, 0.6) is 0 Å². The minimum absolute atomic E-state index is 0.214. The van der Waals surface area contributed by atoms with E-state index in [1.54, 1.807) is 49.6 Å². The molecule has 0 aliphatic heterocycles. The van der Waals surface area contributed by atoms with Crippen molar-refractivity contribution < 1.29 is 19.1 Å². The molecule has 0 radical (unpaired) electrons. The molecule has 4 aromatic rings. The molecule has 8 nitrogen and oxygen atoms in total. The van der Waals surface area contributed by atoms with Crippen LogP contribution in [0.15, 0.2) is 71.9 Å². The third kappa shape index (κ3) is 5.75. The van der Waals surface area contributed by atoms with E-state index in [4.69, 9.17) is 23.2 Å². The summed E-state index contributed by atoms with van der Waals surface area (Å²) in [6.07, 6.45) is 2.87. The third-order valence-corrected chi connectivity index (χ3v) is 7.09. The molecule has 0 atom stereocenters. The Kier molecular flexibility index (Phi) is 7.23. The molecule has 3 N–H and O–H groups in total. The van der Waals surface area contributed by atoms with Crippen LogP contribution in [0.25, 0.3) is 16.7 Å². The lowest BCUT2D eigenvalue weighted by atomic mass is 10.2. The summed E-state index contributed by atoms with van der Waals surface area (Å²) in [6.45, 7) is 0. The van der Waals surface area contributed by atoms with E-state index in [0.717, 1.165) is 22.9 Å². The quantitative estimate of drug-likeness (QED) is 0.216. The van der Waals surface area contributed by atoms with Crippen LogP contribution in [0.4, 0.5) is 5.69 Å². The van der Waals surface area contributed by atoms with E-state index in [9.17, 15) is 19.1 Å². The van der Waals surface area contributed by atoms with Crippen molar-refractivity contribution in [1.82, 2.24) is 14.9 Å². The molecule has 0 saturated heterocycles. The molecule has 0 aliphatic rings. The predicted octanol–water partition coefficient (Wildman–Crippen LogP) is 5.34. The molecule has 0 aliphatic carbocycles. The first-order chi connectivity index (χ1) is 16.1. The fourth-order valence-corrected chi connectivity index (χ4v) is 6.03. The largest absolute Gasteiger partial charge is 0.355 e. The average molecular weight is 537 g/mol. The number of benzene rings is 2. The number of carbonyl (C=O) groups is 1. The zero-order chi connectivity index (χ0) is 24.5. The van der Waals surface area contributed by atoms with Gasteiger partial charge in [0.05, 0.1) is 5.52 Å². The van der Waals surface area contributed by atoms with Crippen LogP contribution in [-0.4, -0.2) is 38.6 Å². The summed E-state index contributed by atoms with van der Waals surface area (Å²) in [6, 6.07) is 15.5. The Labute approximate surface area is 209 Å². The second-order valence-corrected chi connectivity index (χ2v) is 10.9. The van der Waals surface area contributed by atoms with Crippen LogP contribution in [0, 0.1) is 0 Å². The number of carbonyl (C=O) groups excluding carboxylic acids is 1. The third-order valence-electron chi connectivity index (χ3n) is 4.81. The van der Waals surface area contributed by atoms with Gasteiger partial charge in [-0.3, -0.25) is 13.7 Å². The number of halogens is 2.